The highest BCUT2D eigenvalue weighted by Crippen LogP contribution is 2.29. The van der Waals surface area contributed by atoms with E-state index >= 15 is 0 Å². The van der Waals surface area contributed by atoms with Crippen molar-refractivity contribution >= 4 is 17.9 Å². The van der Waals surface area contributed by atoms with Crippen molar-refractivity contribution in [1.82, 2.24) is 0 Å². The quantitative estimate of drug-likeness (QED) is 0.420. The van der Waals surface area contributed by atoms with Crippen molar-refractivity contribution in [3.63, 3.8) is 0 Å². The van der Waals surface area contributed by atoms with E-state index in [-0.39, 0.29) is 24.6 Å². The van der Waals surface area contributed by atoms with Crippen LogP contribution in [0.25, 0.3) is 0 Å². The molecule has 1 aliphatic heterocycles. The van der Waals surface area contributed by atoms with Gasteiger partial charge in [-0.1, -0.05) is 32.4 Å². The van der Waals surface area contributed by atoms with E-state index in [9.17, 15) is 14.4 Å². The molecule has 0 aliphatic carbocycles. The van der Waals surface area contributed by atoms with Crippen LogP contribution in [0.2, 0.25) is 0 Å². The molecule has 1 fully saturated rings. The fourth-order valence-electron chi connectivity index (χ4n) is 2.21. The Morgan fingerprint density at radius 2 is 1.92 bits per heavy atom. The van der Waals surface area contributed by atoms with Crippen LogP contribution in [0.4, 0.5) is 0 Å². The van der Waals surface area contributed by atoms with E-state index in [1.165, 1.54) is 0 Å². The van der Waals surface area contributed by atoms with Gasteiger partial charge in [0.2, 0.25) is 6.10 Å². The summed E-state index contributed by atoms with van der Waals surface area (Å²) < 4.78 is 15.1. The molecule has 136 valence electrons. The normalized spacial score (nSPS) is 19.9. The Kier molecular flexibility index (Phi) is 6.99. The van der Waals surface area contributed by atoms with E-state index in [2.05, 4.69) is 0 Å². The predicted octanol–water partition coefficient (Wildman–Crippen LogP) is 2.65. The topological polar surface area (TPSA) is 78.9 Å². The number of carbonyl (C=O) groups is 3. The zero-order chi connectivity index (χ0) is 18.5. The van der Waals surface area contributed by atoms with Crippen molar-refractivity contribution < 1.29 is 28.6 Å². The molecule has 0 N–H and O–H groups in total. The Balaban J connectivity index is 2.56. The number of allylic oxidation sites excluding steroid dienone is 1. The second-order valence-corrected chi connectivity index (χ2v) is 7.50. The third-order valence-electron chi connectivity index (χ3n) is 3.71. The monoisotopic (exact) mass is 340 g/mol. The molecule has 0 radical (unpaired) electrons. The van der Waals surface area contributed by atoms with Gasteiger partial charge in [0.1, 0.15) is 6.61 Å². The smallest absolute Gasteiger partial charge is 0.347 e. The Labute approximate surface area is 143 Å². The van der Waals surface area contributed by atoms with Gasteiger partial charge in [-0.2, -0.15) is 0 Å². The van der Waals surface area contributed by atoms with Crippen LogP contribution in [0.3, 0.4) is 0 Å². The molecule has 0 aromatic rings. The van der Waals surface area contributed by atoms with Crippen molar-refractivity contribution in [2.45, 2.75) is 54.1 Å². The van der Waals surface area contributed by atoms with E-state index in [4.69, 9.17) is 14.2 Å². The molecule has 6 heteroatoms. The van der Waals surface area contributed by atoms with Gasteiger partial charge in [0.05, 0.1) is 18.4 Å². The lowest BCUT2D eigenvalue weighted by Crippen LogP contribution is -2.32. The highest BCUT2D eigenvalue weighted by Gasteiger charge is 2.33. The highest BCUT2D eigenvalue weighted by molar-refractivity contribution is 5.81. The number of cyclic esters (lactones) is 1. The van der Waals surface area contributed by atoms with Gasteiger partial charge >= 0.3 is 17.9 Å². The fraction of sp³-hybridized carbons (Fsp3) is 0.722. The summed E-state index contributed by atoms with van der Waals surface area (Å²) in [7, 11) is 0. The molecule has 6 nitrogen and oxygen atoms in total. The molecule has 0 aromatic heterocycles. The first-order chi connectivity index (χ1) is 11.0. The van der Waals surface area contributed by atoms with Gasteiger partial charge in [-0.25, -0.2) is 4.79 Å². The summed E-state index contributed by atoms with van der Waals surface area (Å²) in [5.41, 5.74) is 0.741. The summed E-state index contributed by atoms with van der Waals surface area (Å²) in [6.45, 7) is 11.5. The molecular weight excluding hydrogens is 312 g/mol. The Bertz CT molecular complexity index is 510. The molecule has 3 atom stereocenters. The second-order valence-electron chi connectivity index (χ2n) is 7.50. The molecule has 0 aromatic carbocycles. The maximum atomic E-state index is 12.4. The maximum Gasteiger partial charge on any atom is 0.347 e. The van der Waals surface area contributed by atoms with E-state index in [0.29, 0.717) is 6.42 Å². The second kappa shape index (κ2) is 8.31. The molecule has 1 aliphatic rings. The minimum Gasteiger partial charge on any atom is -0.464 e. The largest absolute Gasteiger partial charge is 0.464 e. The first-order valence-corrected chi connectivity index (χ1v) is 8.21. The van der Waals surface area contributed by atoms with Crippen LogP contribution in [0.15, 0.2) is 11.6 Å². The van der Waals surface area contributed by atoms with E-state index in [1.807, 2.05) is 40.7 Å². The summed E-state index contributed by atoms with van der Waals surface area (Å²) in [5, 5.41) is 0. The number of ether oxygens (including phenoxy) is 3. The number of hydrogen-bond acceptors (Lipinski definition) is 6. The third kappa shape index (κ3) is 5.98. The molecule has 1 rings (SSSR count). The lowest BCUT2D eigenvalue weighted by atomic mass is 9.80. The van der Waals surface area contributed by atoms with Gasteiger partial charge in [-0.3, -0.25) is 9.59 Å². The molecule has 3 unspecified atom stereocenters. The van der Waals surface area contributed by atoms with Crippen LogP contribution < -0.4 is 0 Å². The predicted molar refractivity (Wildman–Crippen MR) is 88.0 cm³/mol. The van der Waals surface area contributed by atoms with E-state index in [1.54, 1.807) is 6.92 Å². The summed E-state index contributed by atoms with van der Waals surface area (Å²) in [6.07, 6.45) is 1.40. The zero-order valence-electron chi connectivity index (χ0n) is 15.4. The maximum absolute atomic E-state index is 12.4. The Hall–Kier alpha value is -1.85. The lowest BCUT2D eigenvalue weighted by Gasteiger charge is -2.27. The standard InChI is InChI=1S/C18H28O6/c1-11(2)9-13(18(4,5)6)16(20)23-10-12(3)15(19)24-14-7-8-22-17(14)21/h9,12-14H,7-8,10H2,1-6H3. The Morgan fingerprint density at radius 1 is 1.29 bits per heavy atom. The van der Waals surface area contributed by atoms with Crippen LogP contribution in [0.5, 0.6) is 0 Å². The van der Waals surface area contributed by atoms with Gasteiger partial charge in [0.25, 0.3) is 0 Å². The van der Waals surface area contributed by atoms with E-state index in [0.717, 1.165) is 5.57 Å². The van der Waals surface area contributed by atoms with Crippen LogP contribution in [0, 0.1) is 17.3 Å². The zero-order valence-corrected chi connectivity index (χ0v) is 15.4. The van der Waals surface area contributed by atoms with Gasteiger partial charge in [-0.15, -0.1) is 0 Å². The first-order valence-electron chi connectivity index (χ1n) is 8.21. The van der Waals surface area contributed by atoms with Gasteiger partial charge in [0, 0.05) is 6.42 Å². The molecule has 0 saturated carbocycles. The summed E-state index contributed by atoms with van der Waals surface area (Å²) in [5.74, 6) is -2.50. The number of esters is 3. The average molecular weight is 340 g/mol. The first kappa shape index (κ1) is 20.2. The summed E-state index contributed by atoms with van der Waals surface area (Å²) >= 11 is 0. The van der Waals surface area contributed by atoms with Crippen molar-refractivity contribution in [1.29, 1.82) is 0 Å². The van der Waals surface area contributed by atoms with Crippen LogP contribution >= 0.6 is 0 Å². The summed E-state index contributed by atoms with van der Waals surface area (Å²) in [4.78, 5) is 35.6. The summed E-state index contributed by atoms with van der Waals surface area (Å²) in [6, 6.07) is 0. The molecular formula is C18H28O6. The third-order valence-corrected chi connectivity index (χ3v) is 3.71. The van der Waals surface area contributed by atoms with Crippen molar-refractivity contribution in [3.05, 3.63) is 11.6 Å². The lowest BCUT2D eigenvalue weighted by molar-refractivity contribution is -0.166. The van der Waals surface area contributed by atoms with Crippen LogP contribution in [-0.2, 0) is 28.6 Å². The minimum absolute atomic E-state index is 0.0807. The number of rotatable bonds is 6. The molecule has 0 spiro atoms. The SMILES string of the molecule is CC(C)=CC(C(=O)OCC(C)C(=O)OC1CCOC1=O)C(C)(C)C. The average Bonchev–Trinajstić information content (AvgIpc) is 2.85. The van der Waals surface area contributed by atoms with Gasteiger partial charge < -0.3 is 14.2 Å². The molecule has 0 bridgehead atoms. The highest BCUT2D eigenvalue weighted by atomic mass is 16.6. The van der Waals surface area contributed by atoms with Gasteiger partial charge in [0.15, 0.2) is 0 Å². The van der Waals surface area contributed by atoms with Crippen molar-refractivity contribution in [2.75, 3.05) is 13.2 Å². The van der Waals surface area contributed by atoms with Crippen LogP contribution in [0.1, 0.15) is 48.0 Å². The van der Waals surface area contributed by atoms with Crippen LogP contribution in [-0.4, -0.2) is 37.2 Å². The molecule has 1 saturated heterocycles. The Morgan fingerprint density at radius 3 is 2.38 bits per heavy atom. The number of carbonyl (C=O) groups excluding carboxylic acids is 3. The van der Waals surface area contributed by atoms with Crippen molar-refractivity contribution in [3.8, 4) is 0 Å². The molecule has 24 heavy (non-hydrogen) atoms. The van der Waals surface area contributed by atoms with Crippen molar-refractivity contribution in [2.24, 2.45) is 17.3 Å². The fourth-order valence-corrected chi connectivity index (χ4v) is 2.21. The van der Waals surface area contributed by atoms with Gasteiger partial charge in [-0.05, 0) is 26.2 Å². The van der Waals surface area contributed by atoms with E-state index < -0.39 is 29.9 Å². The molecule has 0 amide bonds. The minimum atomic E-state index is -0.844. The number of hydrogen-bond donors (Lipinski definition) is 0. The molecule has 1 heterocycles.